The molecule has 0 aromatic rings. The fourth-order valence-corrected chi connectivity index (χ4v) is 3.72. The lowest BCUT2D eigenvalue weighted by Crippen LogP contribution is -2.58. The number of hydrogen-bond donors (Lipinski definition) is 3. The van der Waals surface area contributed by atoms with Crippen molar-refractivity contribution in [2.24, 2.45) is 11.3 Å². The van der Waals surface area contributed by atoms with Gasteiger partial charge in [-0.3, -0.25) is 14.4 Å². The van der Waals surface area contributed by atoms with Crippen LogP contribution in [0, 0.1) is 11.3 Å². The van der Waals surface area contributed by atoms with Gasteiger partial charge in [-0.2, -0.15) is 0 Å². The normalized spacial score (nSPS) is 30.9. The van der Waals surface area contributed by atoms with Crippen LogP contribution in [0.15, 0.2) is 0 Å². The van der Waals surface area contributed by atoms with E-state index in [0.717, 1.165) is 32.4 Å². The van der Waals surface area contributed by atoms with Gasteiger partial charge in [0, 0.05) is 19.0 Å². The zero-order valence-electron chi connectivity index (χ0n) is 11.9. The van der Waals surface area contributed by atoms with Crippen molar-refractivity contribution >= 4 is 17.8 Å². The van der Waals surface area contributed by atoms with E-state index in [4.69, 9.17) is 5.11 Å². The van der Waals surface area contributed by atoms with E-state index in [1.165, 1.54) is 4.90 Å². The van der Waals surface area contributed by atoms with E-state index in [0.29, 0.717) is 13.1 Å². The molecule has 2 saturated heterocycles. The maximum atomic E-state index is 12.7. The van der Waals surface area contributed by atoms with Gasteiger partial charge < -0.3 is 20.6 Å². The van der Waals surface area contributed by atoms with Gasteiger partial charge in [-0.25, -0.2) is 0 Å². The summed E-state index contributed by atoms with van der Waals surface area (Å²) in [6, 6.07) is -0.858. The SMILES string of the molecule is O=C(O)CC1C(=O)NCCN1C(=O)C1CC12CCNCC2. The lowest BCUT2D eigenvalue weighted by molar-refractivity contribution is -0.149. The van der Waals surface area contributed by atoms with Crippen molar-refractivity contribution in [1.82, 2.24) is 15.5 Å². The van der Waals surface area contributed by atoms with Gasteiger partial charge >= 0.3 is 5.97 Å². The van der Waals surface area contributed by atoms with Gasteiger partial charge in [0.1, 0.15) is 6.04 Å². The van der Waals surface area contributed by atoms with Crippen molar-refractivity contribution in [2.75, 3.05) is 26.2 Å². The third-order valence-corrected chi connectivity index (χ3v) is 5.07. The van der Waals surface area contributed by atoms with E-state index >= 15 is 0 Å². The monoisotopic (exact) mass is 295 g/mol. The van der Waals surface area contributed by atoms with Crippen molar-refractivity contribution in [3.63, 3.8) is 0 Å². The van der Waals surface area contributed by atoms with Gasteiger partial charge in [0.05, 0.1) is 6.42 Å². The first-order chi connectivity index (χ1) is 10.0. The van der Waals surface area contributed by atoms with Crippen molar-refractivity contribution in [3.05, 3.63) is 0 Å². The van der Waals surface area contributed by atoms with Crippen LogP contribution in [0.2, 0.25) is 0 Å². The third kappa shape index (κ3) is 2.62. The van der Waals surface area contributed by atoms with Crippen LogP contribution < -0.4 is 10.6 Å². The highest BCUT2D eigenvalue weighted by Gasteiger charge is 2.59. The lowest BCUT2D eigenvalue weighted by atomic mass is 9.91. The molecule has 1 spiro atoms. The molecule has 3 aliphatic rings. The Morgan fingerprint density at radius 1 is 1.29 bits per heavy atom. The average Bonchev–Trinajstić information content (AvgIpc) is 3.14. The summed E-state index contributed by atoms with van der Waals surface area (Å²) in [4.78, 5) is 37.0. The topological polar surface area (TPSA) is 98.7 Å². The highest BCUT2D eigenvalue weighted by molar-refractivity contribution is 5.93. The predicted octanol–water partition coefficient (Wildman–Crippen LogP) is -0.822. The number of piperazine rings is 1. The minimum atomic E-state index is -1.05. The van der Waals surface area contributed by atoms with E-state index < -0.39 is 12.0 Å². The number of rotatable bonds is 3. The van der Waals surface area contributed by atoms with Gasteiger partial charge in [-0.05, 0) is 37.8 Å². The average molecular weight is 295 g/mol. The summed E-state index contributed by atoms with van der Waals surface area (Å²) in [6.07, 6.45) is 2.55. The molecule has 0 radical (unpaired) electrons. The molecule has 2 heterocycles. The Morgan fingerprint density at radius 3 is 2.67 bits per heavy atom. The van der Waals surface area contributed by atoms with Crippen molar-refractivity contribution in [3.8, 4) is 0 Å². The number of carbonyl (C=O) groups excluding carboxylic acids is 2. The molecule has 21 heavy (non-hydrogen) atoms. The maximum absolute atomic E-state index is 12.7. The molecule has 2 unspecified atom stereocenters. The van der Waals surface area contributed by atoms with E-state index in [1.54, 1.807) is 0 Å². The number of carbonyl (C=O) groups is 3. The summed E-state index contributed by atoms with van der Waals surface area (Å²) in [5, 5.41) is 14.9. The molecule has 7 nitrogen and oxygen atoms in total. The molecule has 2 amide bonds. The maximum Gasteiger partial charge on any atom is 0.305 e. The first kappa shape index (κ1) is 14.3. The first-order valence-corrected chi connectivity index (χ1v) is 7.54. The summed E-state index contributed by atoms with van der Waals surface area (Å²) in [5.74, 6) is -1.46. The molecular formula is C14H21N3O4. The summed E-state index contributed by atoms with van der Waals surface area (Å²) in [5.41, 5.74) is 0.101. The number of piperidine rings is 1. The van der Waals surface area contributed by atoms with Gasteiger partial charge in [0.15, 0.2) is 0 Å². The summed E-state index contributed by atoms with van der Waals surface area (Å²) in [6.45, 7) is 2.68. The third-order valence-electron chi connectivity index (χ3n) is 5.07. The standard InChI is InChI=1S/C14H21N3O4/c18-11(19)7-10-12(20)16-5-6-17(10)13(21)9-8-14(9)1-3-15-4-2-14/h9-10,15H,1-8H2,(H,16,20)(H,18,19). The Bertz CT molecular complexity index is 473. The Labute approximate surface area is 123 Å². The van der Waals surface area contributed by atoms with Gasteiger partial charge in [-0.1, -0.05) is 0 Å². The van der Waals surface area contributed by atoms with Crippen LogP contribution in [-0.4, -0.2) is 60.0 Å². The quantitative estimate of drug-likeness (QED) is 0.632. The fraction of sp³-hybridized carbons (Fsp3) is 0.786. The summed E-state index contributed by atoms with van der Waals surface area (Å²) >= 11 is 0. The van der Waals surface area contributed by atoms with Crippen molar-refractivity contribution in [1.29, 1.82) is 0 Å². The van der Waals surface area contributed by atoms with E-state index in [9.17, 15) is 14.4 Å². The number of nitrogens with zero attached hydrogens (tertiary/aromatic N) is 1. The van der Waals surface area contributed by atoms with Gasteiger partial charge in [-0.15, -0.1) is 0 Å². The van der Waals surface area contributed by atoms with E-state index in [1.807, 2.05) is 0 Å². The zero-order valence-corrected chi connectivity index (χ0v) is 11.9. The first-order valence-electron chi connectivity index (χ1n) is 7.54. The molecule has 0 bridgehead atoms. The second kappa shape index (κ2) is 5.29. The van der Waals surface area contributed by atoms with Crippen LogP contribution in [0.25, 0.3) is 0 Å². The Morgan fingerprint density at radius 2 is 2.00 bits per heavy atom. The molecule has 2 aliphatic heterocycles. The highest BCUT2D eigenvalue weighted by atomic mass is 16.4. The van der Waals surface area contributed by atoms with E-state index in [-0.39, 0.29) is 29.6 Å². The van der Waals surface area contributed by atoms with Crippen LogP contribution >= 0.6 is 0 Å². The van der Waals surface area contributed by atoms with Crippen LogP contribution in [0.1, 0.15) is 25.7 Å². The van der Waals surface area contributed by atoms with Gasteiger partial charge in [0.2, 0.25) is 11.8 Å². The lowest BCUT2D eigenvalue weighted by Gasteiger charge is -2.35. The largest absolute Gasteiger partial charge is 0.481 e. The van der Waals surface area contributed by atoms with Crippen LogP contribution in [0.5, 0.6) is 0 Å². The molecule has 3 fully saturated rings. The number of amides is 2. The van der Waals surface area contributed by atoms with Crippen LogP contribution in [0.3, 0.4) is 0 Å². The Kier molecular flexibility index (Phi) is 3.61. The summed E-state index contributed by atoms with van der Waals surface area (Å²) in [7, 11) is 0. The van der Waals surface area contributed by atoms with Crippen molar-refractivity contribution in [2.45, 2.75) is 31.7 Å². The molecular weight excluding hydrogens is 274 g/mol. The Hall–Kier alpha value is -1.63. The molecule has 116 valence electrons. The summed E-state index contributed by atoms with van der Waals surface area (Å²) < 4.78 is 0. The molecule has 2 atom stereocenters. The molecule has 1 saturated carbocycles. The molecule has 1 aliphatic carbocycles. The molecule has 0 aromatic carbocycles. The smallest absolute Gasteiger partial charge is 0.305 e. The molecule has 7 heteroatoms. The van der Waals surface area contributed by atoms with Crippen molar-refractivity contribution < 1.29 is 19.5 Å². The van der Waals surface area contributed by atoms with Crippen LogP contribution in [-0.2, 0) is 14.4 Å². The zero-order chi connectivity index (χ0) is 15.0. The number of carboxylic acids is 1. The highest BCUT2D eigenvalue weighted by Crippen LogP contribution is 2.59. The molecule has 0 aromatic heterocycles. The fourth-order valence-electron chi connectivity index (χ4n) is 3.72. The second-order valence-electron chi connectivity index (χ2n) is 6.31. The van der Waals surface area contributed by atoms with Crippen LogP contribution in [0.4, 0.5) is 0 Å². The Balaban J connectivity index is 1.70. The minimum Gasteiger partial charge on any atom is -0.481 e. The molecule has 3 N–H and O–H groups in total. The number of aliphatic carboxylic acids is 1. The second-order valence-corrected chi connectivity index (χ2v) is 6.31. The molecule has 3 rings (SSSR count). The number of carboxylic acid groups (broad SMARTS) is 1. The van der Waals surface area contributed by atoms with E-state index in [2.05, 4.69) is 10.6 Å². The number of nitrogens with one attached hydrogen (secondary N) is 2. The number of hydrogen-bond acceptors (Lipinski definition) is 4. The predicted molar refractivity (Wildman–Crippen MR) is 73.4 cm³/mol. The van der Waals surface area contributed by atoms with Gasteiger partial charge in [0.25, 0.3) is 0 Å². The minimum absolute atomic E-state index is 0.0261.